The molecule has 2 N–H and O–H groups in total. The number of benzene rings is 1. The van der Waals surface area contributed by atoms with Crippen LogP contribution in [0, 0.1) is 0 Å². The average molecular weight is 283 g/mol. The van der Waals surface area contributed by atoms with Crippen molar-refractivity contribution in [2.75, 3.05) is 0 Å². The van der Waals surface area contributed by atoms with Crippen LogP contribution < -0.4 is 5.73 Å². The Morgan fingerprint density at radius 3 is 2.16 bits per heavy atom. The first kappa shape index (κ1) is 15.1. The third-order valence-electron chi connectivity index (χ3n) is 2.09. The minimum atomic E-state index is -4.91. The highest BCUT2D eigenvalue weighted by Crippen LogP contribution is 2.30. The number of hydrogen-bond acceptors (Lipinski definition) is 2. The van der Waals surface area contributed by atoms with Crippen LogP contribution in [-0.2, 0) is 6.18 Å². The molecule has 1 aromatic rings. The first-order chi connectivity index (χ1) is 8.51. The molecule has 0 amide bonds. The fraction of sp³-hybridized carbons (Fsp3) is 0.182. The quantitative estimate of drug-likeness (QED) is 0.514. The SMILES string of the molecule is N/C(=C\C(=O)c1cccc(C(F)(F)F)c1)C(F)(F)F. The first-order valence-corrected chi connectivity index (χ1v) is 4.78. The number of alkyl halides is 6. The summed E-state index contributed by atoms with van der Waals surface area (Å²) < 4.78 is 73.3. The third-order valence-corrected chi connectivity index (χ3v) is 2.09. The van der Waals surface area contributed by atoms with E-state index < -0.39 is 35.0 Å². The van der Waals surface area contributed by atoms with Crippen molar-refractivity contribution >= 4 is 5.78 Å². The number of carbonyl (C=O) groups is 1. The summed E-state index contributed by atoms with van der Waals surface area (Å²) >= 11 is 0. The van der Waals surface area contributed by atoms with E-state index in [0.29, 0.717) is 12.1 Å². The Hall–Kier alpha value is -1.99. The maximum Gasteiger partial charge on any atom is 0.430 e. The highest BCUT2D eigenvalue weighted by atomic mass is 19.4. The van der Waals surface area contributed by atoms with Crippen LogP contribution in [0.1, 0.15) is 15.9 Å². The predicted molar refractivity (Wildman–Crippen MR) is 54.1 cm³/mol. The number of hydrogen-bond donors (Lipinski definition) is 1. The van der Waals surface area contributed by atoms with Crippen LogP contribution >= 0.6 is 0 Å². The van der Waals surface area contributed by atoms with E-state index in [9.17, 15) is 31.1 Å². The second-order valence-electron chi connectivity index (χ2n) is 3.54. The van der Waals surface area contributed by atoms with Gasteiger partial charge in [-0.15, -0.1) is 0 Å². The molecule has 0 saturated carbocycles. The zero-order chi connectivity index (χ0) is 14.8. The molecule has 0 aliphatic rings. The van der Waals surface area contributed by atoms with Crippen molar-refractivity contribution in [1.29, 1.82) is 0 Å². The lowest BCUT2D eigenvalue weighted by Gasteiger charge is -2.08. The molecule has 1 rings (SSSR count). The molecule has 0 aliphatic heterocycles. The number of nitrogens with two attached hydrogens (primary N) is 1. The molecule has 0 radical (unpaired) electrons. The van der Waals surface area contributed by atoms with Gasteiger partial charge in [0.25, 0.3) is 0 Å². The molecule has 8 heteroatoms. The van der Waals surface area contributed by atoms with E-state index >= 15 is 0 Å². The fourth-order valence-electron chi connectivity index (χ4n) is 1.16. The van der Waals surface area contributed by atoms with Gasteiger partial charge in [-0.05, 0) is 12.1 Å². The lowest BCUT2D eigenvalue weighted by atomic mass is 10.1. The summed E-state index contributed by atoms with van der Waals surface area (Å²) in [6.07, 6.45) is -9.54. The molecule has 104 valence electrons. The topological polar surface area (TPSA) is 43.1 Å². The molecular weight excluding hydrogens is 276 g/mol. The van der Waals surface area contributed by atoms with E-state index in [0.717, 1.165) is 12.1 Å². The van der Waals surface area contributed by atoms with Crippen molar-refractivity contribution in [3.63, 3.8) is 0 Å². The van der Waals surface area contributed by atoms with Gasteiger partial charge in [0.1, 0.15) is 5.70 Å². The summed E-state index contributed by atoms with van der Waals surface area (Å²) in [6.45, 7) is 0. The van der Waals surface area contributed by atoms with E-state index in [1.807, 2.05) is 0 Å². The van der Waals surface area contributed by atoms with Gasteiger partial charge in [0.15, 0.2) is 5.78 Å². The summed E-state index contributed by atoms with van der Waals surface area (Å²) in [4.78, 5) is 11.4. The number of allylic oxidation sites excluding steroid dienone is 2. The minimum absolute atomic E-state index is 0.0511. The summed E-state index contributed by atoms with van der Waals surface area (Å²) in [7, 11) is 0. The number of ketones is 1. The Balaban J connectivity index is 3.09. The maximum atomic E-state index is 12.4. The van der Waals surface area contributed by atoms with Crippen LogP contribution in [-0.4, -0.2) is 12.0 Å². The highest BCUT2D eigenvalue weighted by Gasteiger charge is 2.33. The van der Waals surface area contributed by atoms with E-state index in [4.69, 9.17) is 0 Å². The van der Waals surface area contributed by atoms with Crippen molar-refractivity contribution in [1.82, 2.24) is 0 Å². The molecule has 0 heterocycles. The van der Waals surface area contributed by atoms with Crippen LogP contribution in [0.25, 0.3) is 0 Å². The van der Waals surface area contributed by atoms with E-state index in [1.54, 1.807) is 0 Å². The summed E-state index contributed by atoms with van der Waals surface area (Å²) in [6, 6.07) is 3.06. The largest absolute Gasteiger partial charge is 0.430 e. The Morgan fingerprint density at radius 1 is 1.11 bits per heavy atom. The Kier molecular flexibility index (Phi) is 3.92. The molecule has 0 bridgehead atoms. The number of rotatable bonds is 2. The summed E-state index contributed by atoms with van der Waals surface area (Å²) in [5.74, 6) is -1.25. The van der Waals surface area contributed by atoms with Gasteiger partial charge in [-0.3, -0.25) is 4.79 Å². The molecule has 1 aromatic carbocycles. The molecule has 0 atom stereocenters. The fourth-order valence-corrected chi connectivity index (χ4v) is 1.16. The number of halogens is 6. The molecule has 0 fully saturated rings. The molecule has 19 heavy (non-hydrogen) atoms. The minimum Gasteiger partial charge on any atom is -0.395 e. The maximum absolute atomic E-state index is 12.4. The lowest BCUT2D eigenvalue weighted by Crippen LogP contribution is -2.20. The first-order valence-electron chi connectivity index (χ1n) is 4.78. The molecule has 2 nitrogen and oxygen atoms in total. The van der Waals surface area contributed by atoms with Crippen molar-refractivity contribution < 1.29 is 31.1 Å². The van der Waals surface area contributed by atoms with Crippen molar-refractivity contribution in [3.05, 3.63) is 47.2 Å². The predicted octanol–water partition coefficient (Wildman–Crippen LogP) is 3.29. The standard InChI is InChI=1S/C11H7F6NO/c12-10(13,14)7-3-1-2-6(4-7)8(19)5-9(18)11(15,16)17/h1-5H,18H2/b9-5-. The average Bonchev–Trinajstić information content (AvgIpc) is 2.26. The van der Waals surface area contributed by atoms with E-state index in [2.05, 4.69) is 5.73 Å². The van der Waals surface area contributed by atoms with Crippen LogP contribution in [0.5, 0.6) is 0 Å². The Labute approximate surface area is 103 Å². The zero-order valence-electron chi connectivity index (χ0n) is 9.14. The van der Waals surface area contributed by atoms with Crippen molar-refractivity contribution in [3.8, 4) is 0 Å². The second-order valence-corrected chi connectivity index (χ2v) is 3.54. The monoisotopic (exact) mass is 283 g/mol. The van der Waals surface area contributed by atoms with Gasteiger partial charge in [0.05, 0.1) is 5.56 Å². The van der Waals surface area contributed by atoms with Gasteiger partial charge < -0.3 is 5.73 Å². The molecule has 0 aromatic heterocycles. The molecule has 0 aliphatic carbocycles. The van der Waals surface area contributed by atoms with Gasteiger partial charge in [-0.1, -0.05) is 12.1 Å². The van der Waals surface area contributed by atoms with Crippen molar-refractivity contribution in [2.45, 2.75) is 12.4 Å². The summed E-state index contributed by atoms with van der Waals surface area (Å²) in [5, 5.41) is 0. The van der Waals surface area contributed by atoms with Gasteiger partial charge in [0, 0.05) is 11.6 Å². The van der Waals surface area contributed by atoms with Crippen LogP contribution in [0.2, 0.25) is 0 Å². The molecular formula is C11H7F6NO. The Bertz CT molecular complexity index is 515. The second kappa shape index (κ2) is 4.94. The van der Waals surface area contributed by atoms with Gasteiger partial charge >= 0.3 is 12.4 Å². The van der Waals surface area contributed by atoms with Gasteiger partial charge in [-0.2, -0.15) is 26.3 Å². The van der Waals surface area contributed by atoms with Crippen LogP contribution in [0.15, 0.2) is 36.0 Å². The third kappa shape index (κ3) is 4.01. The smallest absolute Gasteiger partial charge is 0.395 e. The lowest BCUT2D eigenvalue weighted by molar-refractivity contribution is -0.137. The van der Waals surface area contributed by atoms with Crippen molar-refractivity contribution in [2.24, 2.45) is 5.73 Å². The van der Waals surface area contributed by atoms with E-state index in [1.165, 1.54) is 0 Å². The number of carbonyl (C=O) groups excluding carboxylic acids is 1. The van der Waals surface area contributed by atoms with Crippen LogP contribution in [0.4, 0.5) is 26.3 Å². The summed E-state index contributed by atoms with van der Waals surface area (Å²) in [5.41, 5.74) is 1.28. The molecule has 0 unspecified atom stereocenters. The molecule has 0 saturated heterocycles. The van der Waals surface area contributed by atoms with Gasteiger partial charge in [-0.25, -0.2) is 0 Å². The highest BCUT2D eigenvalue weighted by molar-refractivity contribution is 6.05. The van der Waals surface area contributed by atoms with Gasteiger partial charge in [0.2, 0.25) is 0 Å². The van der Waals surface area contributed by atoms with E-state index in [-0.39, 0.29) is 6.08 Å². The van der Waals surface area contributed by atoms with Crippen LogP contribution in [0.3, 0.4) is 0 Å². The Morgan fingerprint density at radius 2 is 1.68 bits per heavy atom. The zero-order valence-corrected chi connectivity index (χ0v) is 9.14. The molecule has 0 spiro atoms. The normalized spacial score (nSPS) is 13.5.